The van der Waals surface area contributed by atoms with E-state index in [0.717, 1.165) is 17.1 Å². The maximum Gasteiger partial charge on any atom is 2.00 e. The third-order valence-corrected chi connectivity index (χ3v) is 2.24. The van der Waals surface area contributed by atoms with E-state index in [-0.39, 0.29) is 40.0 Å². The molecular weight excluding hydrogens is 304 g/mol. The monoisotopic (exact) mass is 316 g/mol. The van der Waals surface area contributed by atoms with Crippen molar-refractivity contribution in [3.8, 4) is 11.5 Å². The number of rotatable bonds is 4. The van der Waals surface area contributed by atoms with Crippen LogP contribution in [0.4, 0.5) is 0 Å². The first-order valence-electron chi connectivity index (χ1n) is 5.10. The zero-order chi connectivity index (χ0) is 11.2. The fourth-order valence-electron chi connectivity index (χ4n) is 1.36. The third-order valence-electron chi connectivity index (χ3n) is 2.24. The van der Waals surface area contributed by atoms with Crippen LogP contribution in [0.15, 0.2) is 48.5 Å². The Hall–Kier alpha value is -0.714. The zero-order valence-corrected chi connectivity index (χ0v) is 13.2. The molecule has 18 heavy (non-hydrogen) atoms. The molecule has 2 rings (SSSR count). The SMILES string of the molecule is COc1ccc(COc2c[c-]ccc2)cc1.[Br-].[Mg+2]. The molecule has 0 aromatic heterocycles. The maximum atomic E-state index is 5.59. The molecule has 0 radical (unpaired) electrons. The summed E-state index contributed by atoms with van der Waals surface area (Å²) in [6.45, 7) is 0.557. The number of benzene rings is 2. The Morgan fingerprint density at radius 2 is 1.78 bits per heavy atom. The van der Waals surface area contributed by atoms with Crippen LogP contribution in [0.2, 0.25) is 0 Å². The van der Waals surface area contributed by atoms with Gasteiger partial charge in [-0.05, 0) is 17.7 Å². The van der Waals surface area contributed by atoms with Gasteiger partial charge in [-0.1, -0.05) is 12.1 Å². The second kappa shape index (κ2) is 9.25. The number of methoxy groups -OCH3 is 1. The summed E-state index contributed by atoms with van der Waals surface area (Å²) in [6, 6.07) is 18.3. The molecule has 0 N–H and O–H groups in total. The van der Waals surface area contributed by atoms with Crippen molar-refractivity contribution in [2.24, 2.45) is 0 Å². The minimum absolute atomic E-state index is 0. The quantitative estimate of drug-likeness (QED) is 0.569. The Morgan fingerprint density at radius 3 is 2.33 bits per heavy atom. The number of hydrogen-bond acceptors (Lipinski definition) is 2. The van der Waals surface area contributed by atoms with Crippen molar-refractivity contribution < 1.29 is 26.5 Å². The molecule has 2 nitrogen and oxygen atoms in total. The van der Waals surface area contributed by atoms with Gasteiger partial charge >= 0.3 is 23.1 Å². The summed E-state index contributed by atoms with van der Waals surface area (Å²) in [5.74, 6) is 1.69. The van der Waals surface area contributed by atoms with Crippen LogP contribution in [-0.2, 0) is 6.61 Å². The van der Waals surface area contributed by atoms with Crippen molar-refractivity contribution in [1.29, 1.82) is 0 Å². The third kappa shape index (κ3) is 5.29. The molecule has 0 saturated carbocycles. The Balaban J connectivity index is 0.00000144. The average Bonchev–Trinajstić information content (AvgIpc) is 2.38. The molecule has 0 bridgehead atoms. The van der Waals surface area contributed by atoms with Gasteiger partial charge in [0.05, 0.1) is 13.7 Å². The topological polar surface area (TPSA) is 18.5 Å². The molecule has 0 aliphatic carbocycles. The molecular formula is C14H13BrMgO2. The van der Waals surface area contributed by atoms with Crippen molar-refractivity contribution in [2.45, 2.75) is 6.61 Å². The van der Waals surface area contributed by atoms with Gasteiger partial charge in [-0.2, -0.15) is 18.2 Å². The van der Waals surface area contributed by atoms with Crippen LogP contribution in [0.25, 0.3) is 0 Å². The average molecular weight is 317 g/mol. The summed E-state index contributed by atoms with van der Waals surface area (Å²) in [4.78, 5) is 0. The van der Waals surface area contributed by atoms with Gasteiger partial charge in [0, 0.05) is 5.75 Å². The predicted octanol–water partition coefficient (Wildman–Crippen LogP) is -0.302. The van der Waals surface area contributed by atoms with Crippen LogP contribution in [0.5, 0.6) is 11.5 Å². The summed E-state index contributed by atoms with van der Waals surface area (Å²) in [6.07, 6.45) is 0. The van der Waals surface area contributed by atoms with Crippen LogP contribution >= 0.6 is 0 Å². The normalized spacial score (nSPS) is 8.72. The van der Waals surface area contributed by atoms with Crippen LogP contribution in [0, 0.1) is 6.07 Å². The summed E-state index contributed by atoms with van der Waals surface area (Å²) in [5.41, 5.74) is 1.12. The summed E-state index contributed by atoms with van der Waals surface area (Å²) >= 11 is 0. The smallest absolute Gasteiger partial charge is 1.00 e. The molecule has 2 aromatic carbocycles. The van der Waals surface area contributed by atoms with Crippen molar-refractivity contribution in [1.82, 2.24) is 0 Å². The summed E-state index contributed by atoms with van der Waals surface area (Å²) in [7, 11) is 1.66. The van der Waals surface area contributed by atoms with Crippen molar-refractivity contribution in [3.63, 3.8) is 0 Å². The summed E-state index contributed by atoms with van der Waals surface area (Å²) < 4.78 is 10.7. The molecule has 0 saturated heterocycles. The van der Waals surface area contributed by atoms with E-state index in [9.17, 15) is 0 Å². The number of hydrogen-bond donors (Lipinski definition) is 0. The molecule has 0 heterocycles. The van der Waals surface area contributed by atoms with Gasteiger partial charge < -0.3 is 26.5 Å². The molecule has 0 aliphatic rings. The number of ether oxygens (including phenoxy) is 2. The number of halogens is 1. The first kappa shape index (κ1) is 17.3. The summed E-state index contributed by atoms with van der Waals surface area (Å²) in [5, 5.41) is 0. The molecule has 4 heteroatoms. The first-order valence-corrected chi connectivity index (χ1v) is 5.10. The van der Waals surface area contributed by atoms with Crippen LogP contribution in [0.3, 0.4) is 0 Å². The van der Waals surface area contributed by atoms with Gasteiger partial charge in [-0.15, -0.1) is 12.1 Å². The van der Waals surface area contributed by atoms with E-state index in [1.165, 1.54) is 0 Å². The first-order chi connectivity index (χ1) is 7.88. The Kier molecular flexibility index (Phi) is 8.88. The largest absolute Gasteiger partial charge is 2.00 e. The minimum Gasteiger partial charge on any atom is -1.00 e. The van der Waals surface area contributed by atoms with Gasteiger partial charge in [0.2, 0.25) is 0 Å². The van der Waals surface area contributed by atoms with Crippen LogP contribution < -0.4 is 26.5 Å². The van der Waals surface area contributed by atoms with Crippen molar-refractivity contribution in [3.05, 3.63) is 60.2 Å². The molecule has 90 valence electrons. The van der Waals surface area contributed by atoms with E-state index in [4.69, 9.17) is 9.47 Å². The van der Waals surface area contributed by atoms with Crippen molar-refractivity contribution >= 4 is 23.1 Å². The molecule has 0 amide bonds. The van der Waals surface area contributed by atoms with E-state index in [1.807, 2.05) is 48.5 Å². The Morgan fingerprint density at radius 1 is 1.06 bits per heavy atom. The van der Waals surface area contributed by atoms with Gasteiger partial charge in [0.15, 0.2) is 0 Å². The van der Waals surface area contributed by atoms with Crippen LogP contribution in [-0.4, -0.2) is 30.2 Å². The van der Waals surface area contributed by atoms with Crippen molar-refractivity contribution in [2.75, 3.05) is 7.11 Å². The van der Waals surface area contributed by atoms with E-state index >= 15 is 0 Å². The van der Waals surface area contributed by atoms with Gasteiger partial charge in [-0.25, -0.2) is 0 Å². The molecule has 2 aromatic rings. The fraction of sp³-hybridized carbons (Fsp3) is 0.143. The van der Waals surface area contributed by atoms with Gasteiger partial charge in [-0.3, -0.25) is 0 Å². The second-order valence-electron chi connectivity index (χ2n) is 3.38. The predicted molar refractivity (Wildman–Crippen MR) is 68.4 cm³/mol. The van der Waals surface area contributed by atoms with Gasteiger partial charge in [0.1, 0.15) is 5.75 Å². The molecule has 0 unspecified atom stereocenters. The zero-order valence-electron chi connectivity index (χ0n) is 10.2. The van der Waals surface area contributed by atoms with Crippen LogP contribution in [0.1, 0.15) is 5.56 Å². The van der Waals surface area contributed by atoms with Gasteiger partial charge in [0.25, 0.3) is 0 Å². The standard InChI is InChI=1S/C14H13O2.BrH.Mg/c1-15-13-9-7-12(8-10-13)11-16-14-5-3-2-4-6-14;;/h2-3,5-10H,11H2,1H3;1H;/q-1;;+2/p-1. The van der Waals surface area contributed by atoms with E-state index in [2.05, 4.69) is 6.07 Å². The Bertz CT molecular complexity index is 431. The van der Waals surface area contributed by atoms with E-state index in [0.29, 0.717) is 6.61 Å². The van der Waals surface area contributed by atoms with E-state index in [1.54, 1.807) is 7.11 Å². The fourth-order valence-corrected chi connectivity index (χ4v) is 1.36. The molecule has 0 aliphatic heterocycles. The molecule has 0 fully saturated rings. The molecule has 0 atom stereocenters. The molecule has 0 spiro atoms. The van der Waals surface area contributed by atoms with E-state index < -0.39 is 0 Å². The minimum atomic E-state index is 0. The maximum absolute atomic E-state index is 5.59. The second-order valence-corrected chi connectivity index (χ2v) is 3.38. The Labute approximate surface area is 134 Å².